The summed E-state index contributed by atoms with van der Waals surface area (Å²) < 4.78 is 32.3. The average molecular weight is 386 g/mol. The largest absolute Gasteiger partial charge is 0.495 e. The first-order chi connectivity index (χ1) is 12.0. The first-order valence-electron chi connectivity index (χ1n) is 8.72. The molecule has 0 amide bonds. The number of thiocarbonyl (C=S) groups is 1. The molecule has 0 unspecified atom stereocenters. The van der Waals surface area contributed by atoms with Gasteiger partial charge in [0, 0.05) is 19.6 Å². The second-order valence-corrected chi connectivity index (χ2v) is 8.41. The van der Waals surface area contributed by atoms with Crippen LogP contribution >= 0.6 is 12.2 Å². The molecule has 1 heterocycles. The lowest BCUT2D eigenvalue weighted by Crippen LogP contribution is -2.30. The summed E-state index contributed by atoms with van der Waals surface area (Å²) >= 11 is 5.30. The number of benzene rings is 1. The van der Waals surface area contributed by atoms with Gasteiger partial charge in [0.25, 0.3) is 0 Å². The van der Waals surface area contributed by atoms with Gasteiger partial charge in [-0.2, -0.15) is 4.31 Å². The van der Waals surface area contributed by atoms with Crippen LogP contribution in [0.2, 0.25) is 0 Å². The van der Waals surface area contributed by atoms with Crippen molar-refractivity contribution in [2.75, 3.05) is 32.1 Å². The smallest absolute Gasteiger partial charge is 0.243 e. The molecule has 6 nitrogen and oxygen atoms in total. The SMILES string of the molecule is CCCCCNC(=S)Nc1cc(S(=O)(=O)N2CCCC2)ccc1OC. The lowest BCUT2D eigenvalue weighted by molar-refractivity contribution is 0.416. The van der Waals surface area contributed by atoms with E-state index in [1.54, 1.807) is 25.3 Å². The van der Waals surface area contributed by atoms with Gasteiger partial charge in [-0.15, -0.1) is 0 Å². The first kappa shape index (κ1) is 19.9. The van der Waals surface area contributed by atoms with E-state index in [1.807, 2.05) is 0 Å². The van der Waals surface area contributed by atoms with Crippen LogP contribution in [0, 0.1) is 0 Å². The fraction of sp³-hybridized carbons (Fsp3) is 0.588. The van der Waals surface area contributed by atoms with Gasteiger partial charge in [0.1, 0.15) is 5.75 Å². The van der Waals surface area contributed by atoms with Crippen molar-refractivity contribution in [2.45, 2.75) is 43.9 Å². The van der Waals surface area contributed by atoms with Crippen LogP contribution in [0.3, 0.4) is 0 Å². The average Bonchev–Trinajstić information content (AvgIpc) is 3.14. The number of ether oxygens (including phenoxy) is 1. The molecule has 0 atom stereocenters. The quantitative estimate of drug-likeness (QED) is 0.530. The number of nitrogens with zero attached hydrogens (tertiary/aromatic N) is 1. The Morgan fingerprint density at radius 2 is 2.00 bits per heavy atom. The van der Waals surface area contributed by atoms with E-state index in [9.17, 15) is 8.42 Å². The van der Waals surface area contributed by atoms with E-state index in [-0.39, 0.29) is 4.90 Å². The third kappa shape index (κ3) is 5.29. The molecule has 2 N–H and O–H groups in total. The summed E-state index contributed by atoms with van der Waals surface area (Å²) in [5.74, 6) is 0.554. The van der Waals surface area contributed by atoms with Crippen molar-refractivity contribution in [2.24, 2.45) is 0 Å². The van der Waals surface area contributed by atoms with Crippen molar-refractivity contribution in [1.29, 1.82) is 0 Å². The Balaban J connectivity index is 2.12. The van der Waals surface area contributed by atoms with Crippen LogP contribution in [0.15, 0.2) is 23.1 Å². The standard InChI is InChI=1S/C17H27N3O3S2/c1-3-4-5-10-18-17(24)19-15-13-14(8-9-16(15)23-2)25(21,22)20-11-6-7-12-20/h8-9,13H,3-7,10-12H2,1-2H3,(H2,18,19,24). The second kappa shape index (κ2) is 9.35. The highest BCUT2D eigenvalue weighted by Gasteiger charge is 2.27. The van der Waals surface area contributed by atoms with Crippen LogP contribution in [0.1, 0.15) is 39.0 Å². The van der Waals surface area contributed by atoms with Crippen molar-refractivity contribution >= 4 is 33.0 Å². The Bertz CT molecular complexity index is 686. The highest BCUT2D eigenvalue weighted by molar-refractivity contribution is 7.89. The zero-order valence-electron chi connectivity index (χ0n) is 14.9. The second-order valence-electron chi connectivity index (χ2n) is 6.06. The van der Waals surface area contributed by atoms with Gasteiger partial charge in [-0.05, 0) is 49.7 Å². The Morgan fingerprint density at radius 3 is 2.64 bits per heavy atom. The molecule has 140 valence electrons. The number of hydrogen-bond acceptors (Lipinski definition) is 4. The molecule has 0 radical (unpaired) electrons. The maximum Gasteiger partial charge on any atom is 0.243 e. The van der Waals surface area contributed by atoms with Gasteiger partial charge >= 0.3 is 0 Å². The lowest BCUT2D eigenvalue weighted by atomic mass is 10.2. The van der Waals surface area contributed by atoms with E-state index in [1.165, 1.54) is 4.31 Å². The normalized spacial score (nSPS) is 15.1. The summed E-state index contributed by atoms with van der Waals surface area (Å²) in [4.78, 5) is 0.256. The van der Waals surface area contributed by atoms with Gasteiger partial charge in [0.2, 0.25) is 10.0 Å². The van der Waals surface area contributed by atoms with E-state index >= 15 is 0 Å². The maximum atomic E-state index is 12.7. The summed E-state index contributed by atoms with van der Waals surface area (Å²) in [7, 11) is -1.92. The van der Waals surface area contributed by atoms with Crippen molar-refractivity contribution in [3.63, 3.8) is 0 Å². The minimum atomic E-state index is -3.47. The molecular formula is C17H27N3O3S2. The highest BCUT2D eigenvalue weighted by Crippen LogP contribution is 2.30. The Labute approximate surface area is 156 Å². The number of methoxy groups -OCH3 is 1. The van der Waals surface area contributed by atoms with Gasteiger partial charge in [-0.25, -0.2) is 8.42 Å². The Kier molecular flexibility index (Phi) is 7.46. The molecule has 1 aromatic carbocycles. The summed E-state index contributed by atoms with van der Waals surface area (Å²) in [6, 6.07) is 4.83. The van der Waals surface area contributed by atoms with Crippen LogP contribution in [0.25, 0.3) is 0 Å². The number of nitrogens with one attached hydrogen (secondary N) is 2. The van der Waals surface area contributed by atoms with E-state index in [0.29, 0.717) is 29.6 Å². The maximum absolute atomic E-state index is 12.7. The number of sulfonamides is 1. The molecule has 25 heavy (non-hydrogen) atoms. The molecule has 0 spiro atoms. The monoisotopic (exact) mass is 385 g/mol. The summed E-state index contributed by atoms with van der Waals surface area (Å²) in [6.45, 7) is 4.09. The van der Waals surface area contributed by atoms with E-state index in [0.717, 1.165) is 38.6 Å². The first-order valence-corrected chi connectivity index (χ1v) is 10.6. The lowest BCUT2D eigenvalue weighted by Gasteiger charge is -2.18. The minimum Gasteiger partial charge on any atom is -0.495 e. The molecule has 1 fully saturated rings. The Morgan fingerprint density at radius 1 is 1.28 bits per heavy atom. The topological polar surface area (TPSA) is 70.7 Å². The van der Waals surface area contributed by atoms with E-state index in [2.05, 4.69) is 17.6 Å². The van der Waals surface area contributed by atoms with Crippen molar-refractivity contribution < 1.29 is 13.2 Å². The van der Waals surface area contributed by atoms with Crippen molar-refractivity contribution in [1.82, 2.24) is 9.62 Å². The number of hydrogen-bond donors (Lipinski definition) is 2. The summed E-state index contributed by atoms with van der Waals surface area (Å²) in [5, 5.41) is 6.65. The molecule has 1 aromatic rings. The van der Waals surface area contributed by atoms with Crippen LogP contribution in [-0.2, 0) is 10.0 Å². The van der Waals surface area contributed by atoms with Crippen LogP contribution < -0.4 is 15.4 Å². The van der Waals surface area contributed by atoms with Crippen LogP contribution in [-0.4, -0.2) is 44.6 Å². The third-order valence-electron chi connectivity index (χ3n) is 4.19. The molecule has 8 heteroatoms. The van der Waals surface area contributed by atoms with Crippen LogP contribution in [0.4, 0.5) is 5.69 Å². The fourth-order valence-corrected chi connectivity index (χ4v) is 4.52. The zero-order valence-corrected chi connectivity index (χ0v) is 16.5. The molecule has 1 aliphatic heterocycles. The number of unbranched alkanes of at least 4 members (excludes halogenated alkanes) is 2. The van der Waals surface area contributed by atoms with Gasteiger partial charge in [-0.1, -0.05) is 19.8 Å². The molecule has 0 saturated carbocycles. The fourth-order valence-electron chi connectivity index (χ4n) is 2.77. The Hall–Kier alpha value is -1.38. The highest BCUT2D eigenvalue weighted by atomic mass is 32.2. The van der Waals surface area contributed by atoms with Crippen LogP contribution in [0.5, 0.6) is 5.75 Å². The van der Waals surface area contributed by atoms with E-state index < -0.39 is 10.0 Å². The predicted octanol–water partition coefficient (Wildman–Crippen LogP) is 2.96. The number of rotatable bonds is 8. The molecule has 0 aliphatic carbocycles. The molecule has 0 aromatic heterocycles. The van der Waals surface area contributed by atoms with Gasteiger partial charge in [0.15, 0.2) is 5.11 Å². The summed E-state index contributed by atoms with van der Waals surface area (Å²) in [5.41, 5.74) is 0.552. The minimum absolute atomic E-state index is 0.256. The van der Waals surface area contributed by atoms with Gasteiger partial charge in [-0.3, -0.25) is 0 Å². The molecule has 1 aliphatic rings. The van der Waals surface area contributed by atoms with Crippen molar-refractivity contribution in [3.05, 3.63) is 18.2 Å². The van der Waals surface area contributed by atoms with Gasteiger partial charge in [0.05, 0.1) is 17.7 Å². The van der Waals surface area contributed by atoms with E-state index in [4.69, 9.17) is 17.0 Å². The molecule has 0 bridgehead atoms. The molecule has 2 rings (SSSR count). The van der Waals surface area contributed by atoms with Gasteiger partial charge < -0.3 is 15.4 Å². The number of anilines is 1. The molecule has 1 saturated heterocycles. The zero-order chi connectivity index (χ0) is 18.3. The summed E-state index contributed by atoms with van der Waals surface area (Å²) in [6.07, 6.45) is 5.14. The third-order valence-corrected chi connectivity index (χ3v) is 6.33. The van der Waals surface area contributed by atoms with Crippen molar-refractivity contribution in [3.8, 4) is 5.75 Å². The predicted molar refractivity (Wildman–Crippen MR) is 105 cm³/mol. The molecular weight excluding hydrogens is 358 g/mol.